The van der Waals surface area contributed by atoms with Gasteiger partial charge in [-0.25, -0.2) is 19.6 Å². The van der Waals surface area contributed by atoms with Crippen molar-refractivity contribution in [2.75, 3.05) is 46.2 Å². The van der Waals surface area contributed by atoms with Crippen LogP contribution in [0, 0.1) is 33.5 Å². The summed E-state index contributed by atoms with van der Waals surface area (Å²) in [5, 5.41) is 74.9. The summed E-state index contributed by atoms with van der Waals surface area (Å²) in [7, 11) is 0. The van der Waals surface area contributed by atoms with Crippen LogP contribution in [0.5, 0.6) is 0 Å². The minimum absolute atomic E-state index is 0.0451. The van der Waals surface area contributed by atoms with Crippen LogP contribution in [0.25, 0.3) is 0 Å². The molecule has 0 aliphatic heterocycles. The summed E-state index contributed by atoms with van der Waals surface area (Å²) in [6.45, 7) is 12.1. The molecule has 2 atom stereocenters. The maximum atomic E-state index is 10.2. The van der Waals surface area contributed by atoms with Crippen LogP contribution in [0.15, 0.2) is 9.98 Å². The molecule has 0 aromatic rings. The number of carboxylic acid groups (broad SMARTS) is 3. The lowest BCUT2D eigenvalue weighted by Crippen LogP contribution is -2.45. The lowest BCUT2D eigenvalue weighted by Gasteiger charge is -2.45. The normalized spacial score (nSPS) is 23.3. The third kappa shape index (κ3) is 36.6. The van der Waals surface area contributed by atoms with Crippen molar-refractivity contribution in [3.8, 4) is 0 Å². The summed E-state index contributed by atoms with van der Waals surface area (Å²) in [6.07, 6.45) is 21.9. The van der Waals surface area contributed by atoms with E-state index in [1.54, 1.807) is 26.0 Å². The van der Waals surface area contributed by atoms with Gasteiger partial charge in [0.15, 0.2) is 0 Å². The highest BCUT2D eigenvalue weighted by atomic mass is 16.4. The molecule has 18 nitrogen and oxygen atoms in total. The molecule has 0 heterocycles. The summed E-state index contributed by atoms with van der Waals surface area (Å²) < 4.78 is 0. The van der Waals surface area contributed by atoms with Crippen LogP contribution in [-0.2, 0) is 24.0 Å². The van der Waals surface area contributed by atoms with Crippen LogP contribution in [0.2, 0.25) is 0 Å². The molecular weight excluding hydrogens is 845 g/mol. The van der Waals surface area contributed by atoms with Crippen molar-refractivity contribution < 1.29 is 69.9 Å². The summed E-state index contributed by atoms with van der Waals surface area (Å²) in [5.74, 6) is -1.33. The first kappa shape index (κ1) is 66.1. The zero-order chi connectivity index (χ0) is 50.5. The minimum Gasteiger partial charge on any atom is -0.481 e. The van der Waals surface area contributed by atoms with E-state index in [1.807, 2.05) is 0 Å². The number of hydrogen-bond donors (Lipinski definition) is 11. The summed E-state index contributed by atoms with van der Waals surface area (Å²) >= 11 is 0. The zero-order valence-electron chi connectivity index (χ0n) is 40.6. The van der Waals surface area contributed by atoms with E-state index in [9.17, 15) is 24.0 Å². The summed E-state index contributed by atoms with van der Waals surface area (Å²) in [6, 6.07) is 0.806. The first-order valence-electron chi connectivity index (χ1n) is 23.3. The Morgan fingerprint density at radius 3 is 1.23 bits per heavy atom. The summed E-state index contributed by atoms with van der Waals surface area (Å²) in [4.78, 5) is 58.1. The average Bonchev–Trinajstić information content (AvgIpc) is 3.25. The number of carbonyl (C=O) groups is 3. The van der Waals surface area contributed by atoms with E-state index >= 15 is 0 Å². The van der Waals surface area contributed by atoms with Crippen LogP contribution >= 0.6 is 0 Å². The Morgan fingerprint density at radius 2 is 1.00 bits per heavy atom. The van der Waals surface area contributed by atoms with Crippen LogP contribution in [0.3, 0.4) is 0 Å². The van der Waals surface area contributed by atoms with Crippen LogP contribution < -0.4 is 11.5 Å². The molecule has 13 N–H and O–H groups in total. The van der Waals surface area contributed by atoms with E-state index in [0.29, 0.717) is 24.3 Å². The number of rotatable bonds is 20. The van der Waals surface area contributed by atoms with Gasteiger partial charge < -0.3 is 57.4 Å². The lowest BCUT2D eigenvalue weighted by molar-refractivity contribution is -0.153. The second-order valence-electron chi connectivity index (χ2n) is 20.1. The number of unbranched alkanes of at least 4 members (excludes halogenated alkanes) is 4. The molecule has 0 aromatic heterocycles. The molecule has 3 aliphatic carbocycles. The summed E-state index contributed by atoms with van der Waals surface area (Å²) in [5.41, 5.74) is 10.7. The Balaban J connectivity index is -0.000000740. The van der Waals surface area contributed by atoms with E-state index in [1.165, 1.54) is 45.4 Å². The number of aliphatic imine (C=N–C) groups is 2. The molecule has 0 saturated heterocycles. The molecule has 3 fully saturated rings. The van der Waals surface area contributed by atoms with E-state index in [0.717, 1.165) is 82.6 Å². The number of hydrogen-bond acceptors (Lipinski definition) is 15. The molecule has 2 unspecified atom stereocenters. The van der Waals surface area contributed by atoms with Gasteiger partial charge in [-0.15, -0.1) is 0 Å². The van der Waals surface area contributed by atoms with Gasteiger partial charge in [-0.2, -0.15) is 0 Å². The number of aliphatic hydroxyl groups excluding tert-OH is 6. The van der Waals surface area contributed by atoms with Gasteiger partial charge in [-0.05, 0) is 139 Å². The van der Waals surface area contributed by atoms with Crippen molar-refractivity contribution in [1.29, 1.82) is 0 Å². The van der Waals surface area contributed by atoms with E-state index < -0.39 is 36.5 Å². The minimum atomic E-state index is -1.39. The van der Waals surface area contributed by atoms with Crippen molar-refractivity contribution >= 4 is 30.1 Å². The smallest absolute Gasteiger partial charge is 0.314 e. The molecule has 0 aromatic carbocycles. The van der Waals surface area contributed by atoms with Crippen molar-refractivity contribution in [2.45, 2.75) is 188 Å². The predicted molar refractivity (Wildman–Crippen MR) is 249 cm³/mol. The lowest BCUT2D eigenvalue weighted by atomic mass is 9.63. The van der Waals surface area contributed by atoms with Gasteiger partial charge in [0.1, 0.15) is 5.41 Å². The Hall–Kier alpha value is -3.15. The van der Waals surface area contributed by atoms with Crippen molar-refractivity contribution in [1.82, 2.24) is 0 Å². The number of nitrogens with two attached hydrogens (primary N) is 2. The quantitative estimate of drug-likeness (QED) is 0.0436. The van der Waals surface area contributed by atoms with Gasteiger partial charge in [0.2, 0.25) is 12.2 Å². The molecule has 0 amide bonds. The highest BCUT2D eigenvalue weighted by Gasteiger charge is 2.39. The number of carboxylic acids is 3. The topological polar surface area (TPSA) is 344 Å². The highest BCUT2D eigenvalue weighted by Crippen LogP contribution is 2.44. The fourth-order valence-electron chi connectivity index (χ4n) is 7.87. The van der Waals surface area contributed by atoms with Crippen LogP contribution in [0.4, 0.5) is 0 Å². The molecule has 3 saturated carbocycles. The van der Waals surface area contributed by atoms with Crippen molar-refractivity contribution in [3.05, 3.63) is 0 Å². The monoisotopic (exact) mass is 935 g/mol. The number of aliphatic carboxylic acids is 3. The second-order valence-corrected chi connectivity index (χ2v) is 20.1. The van der Waals surface area contributed by atoms with Crippen molar-refractivity contribution in [2.24, 2.45) is 54.9 Å². The fraction of sp³-hybridized carbons (Fsp3) is 0.894. The molecule has 382 valence electrons. The van der Waals surface area contributed by atoms with Crippen LogP contribution in [0.1, 0.15) is 170 Å². The predicted octanol–water partition coefficient (Wildman–Crippen LogP) is 4.96. The zero-order valence-corrected chi connectivity index (χ0v) is 40.6. The average molecular weight is 935 g/mol. The third-order valence-corrected chi connectivity index (χ3v) is 11.9. The molecule has 18 heteroatoms. The van der Waals surface area contributed by atoms with Gasteiger partial charge in [-0.3, -0.25) is 14.4 Å². The van der Waals surface area contributed by atoms with Gasteiger partial charge in [0.25, 0.3) is 0 Å². The molecule has 3 rings (SSSR count). The maximum Gasteiger partial charge on any atom is 0.314 e. The van der Waals surface area contributed by atoms with Gasteiger partial charge in [0.05, 0.1) is 38.5 Å². The molecule has 65 heavy (non-hydrogen) atoms. The molecule has 3 aliphatic rings. The number of aliphatic hydroxyl groups is 6. The second kappa shape index (κ2) is 37.9. The number of nitrogens with zero attached hydrogens (tertiary/aromatic N) is 2. The molecule has 0 radical (unpaired) electrons. The molecular formula is C47H90N4O14. The van der Waals surface area contributed by atoms with E-state index in [2.05, 4.69) is 30.8 Å². The standard InChI is InChI=1S/C15H22N2O2.C10H22N2.C6H10O4.C6H14O2.C5H10O4.C5H12O2/c18-10-16-14-5-1-12(2-6-14)9-13-3-7-15(8-4-13)17-11-19;1-9(2)4-8(12)5-10(3,6-9)7-11;7-5(8)3-1-2-4-6(9)10;7-5-3-1-2-4-6-8;1-5(2-6,3-7)4(8)9;1-5(2,3-6)4-7/h12-15H,1-9H2;8H,4-7,11-12H2,1-3H3;1-4H2,(H,7,8)(H,9,10);7-8H,1-6H2;6-7H,2-3H2,1H3,(H,8,9);6-7H,3-4H2,1-2H3. The van der Waals surface area contributed by atoms with Gasteiger partial charge in [-0.1, -0.05) is 47.5 Å². The van der Waals surface area contributed by atoms with Gasteiger partial charge in [0, 0.05) is 37.5 Å². The van der Waals surface area contributed by atoms with E-state index in [4.69, 9.17) is 57.4 Å². The highest BCUT2D eigenvalue weighted by molar-refractivity contribution is 5.74. The Labute approximate surface area is 388 Å². The van der Waals surface area contributed by atoms with E-state index in [-0.39, 0.29) is 62.2 Å². The number of isocyanates is 2. The first-order valence-corrected chi connectivity index (χ1v) is 23.3. The largest absolute Gasteiger partial charge is 0.481 e. The Bertz CT molecular complexity index is 1270. The molecule has 0 bridgehead atoms. The van der Waals surface area contributed by atoms with Gasteiger partial charge >= 0.3 is 17.9 Å². The number of carbonyl (C=O) groups excluding carboxylic acids is 2. The third-order valence-electron chi connectivity index (χ3n) is 11.9. The first-order chi connectivity index (χ1) is 30.4. The Kier molecular flexibility index (Phi) is 38.5. The Morgan fingerprint density at radius 1 is 0.615 bits per heavy atom. The maximum absolute atomic E-state index is 10.2. The fourth-order valence-corrected chi connectivity index (χ4v) is 7.87. The molecule has 0 spiro atoms. The van der Waals surface area contributed by atoms with Crippen molar-refractivity contribution in [3.63, 3.8) is 0 Å². The van der Waals surface area contributed by atoms with Crippen LogP contribution in [-0.4, -0.2) is 140 Å². The SMILES string of the molecule is CC(C)(CO)CO.CC(CO)(CO)C(=O)O.CC1(C)CC(N)CC(C)(CN)C1.O=C(O)CCCCC(=O)O.O=C=NC1CCC(CC2CCC(N=C=O)CC2)CC1.OCCCCCCO.